The third-order valence-electron chi connectivity index (χ3n) is 5.19. The van der Waals surface area contributed by atoms with Crippen molar-refractivity contribution in [1.82, 2.24) is 15.1 Å². The zero-order valence-corrected chi connectivity index (χ0v) is 17.8. The van der Waals surface area contributed by atoms with E-state index in [2.05, 4.69) is 17.3 Å². The summed E-state index contributed by atoms with van der Waals surface area (Å²) in [5.74, 6) is 1.07. The first kappa shape index (κ1) is 19.9. The summed E-state index contributed by atoms with van der Waals surface area (Å²) in [6.07, 6.45) is 2.68. The van der Waals surface area contributed by atoms with Gasteiger partial charge in [0.25, 0.3) is 11.8 Å². The fourth-order valence-corrected chi connectivity index (χ4v) is 4.53. The Kier molecular flexibility index (Phi) is 5.58. The number of nitrogens with zero attached hydrogens (tertiary/aromatic N) is 2. The molecule has 0 saturated carbocycles. The van der Waals surface area contributed by atoms with Crippen molar-refractivity contribution in [1.29, 1.82) is 0 Å². The molecule has 0 spiro atoms. The number of furan rings is 1. The first-order chi connectivity index (χ1) is 13.9. The zero-order chi connectivity index (χ0) is 20.5. The second kappa shape index (κ2) is 8.14. The van der Waals surface area contributed by atoms with Crippen LogP contribution in [0.2, 0.25) is 0 Å². The van der Waals surface area contributed by atoms with Crippen LogP contribution in [0.4, 0.5) is 0 Å². The largest absolute Gasteiger partial charge is 0.457 e. The van der Waals surface area contributed by atoms with Crippen molar-refractivity contribution in [2.24, 2.45) is 0 Å². The minimum Gasteiger partial charge on any atom is -0.457 e. The number of nitrogens with one attached hydrogen (secondary N) is 1. The number of likely N-dealkylation sites (tertiary alicyclic amines) is 1. The van der Waals surface area contributed by atoms with Crippen molar-refractivity contribution in [3.05, 3.63) is 52.6 Å². The van der Waals surface area contributed by atoms with Crippen molar-refractivity contribution >= 4 is 46.2 Å². The maximum atomic E-state index is 12.8. The Morgan fingerprint density at radius 3 is 2.69 bits per heavy atom. The maximum Gasteiger partial charge on any atom is 0.263 e. The van der Waals surface area contributed by atoms with Gasteiger partial charge in [-0.1, -0.05) is 36.1 Å². The van der Waals surface area contributed by atoms with E-state index in [1.165, 1.54) is 11.8 Å². The minimum atomic E-state index is -0.210. The van der Waals surface area contributed by atoms with Crippen LogP contribution in [-0.4, -0.2) is 59.2 Å². The molecule has 4 rings (SSSR count). The summed E-state index contributed by atoms with van der Waals surface area (Å²) in [7, 11) is 3.95. The molecule has 150 valence electrons. The maximum absolute atomic E-state index is 12.8. The predicted octanol–water partition coefficient (Wildman–Crippen LogP) is 3.21. The van der Waals surface area contributed by atoms with E-state index in [0.717, 1.165) is 25.1 Å². The Labute approximate surface area is 178 Å². The fraction of sp³-hybridized carbons (Fsp3) is 0.286. The van der Waals surface area contributed by atoms with E-state index < -0.39 is 0 Å². The summed E-state index contributed by atoms with van der Waals surface area (Å²) in [5, 5.41) is 2.58. The molecule has 6 nitrogen and oxygen atoms in total. The van der Waals surface area contributed by atoms with Gasteiger partial charge in [-0.05, 0) is 44.3 Å². The average molecular weight is 428 g/mol. The van der Waals surface area contributed by atoms with Gasteiger partial charge in [0.2, 0.25) is 0 Å². The Bertz CT molecular complexity index is 997. The fourth-order valence-electron chi connectivity index (χ4n) is 3.51. The highest BCUT2D eigenvalue weighted by Crippen LogP contribution is 2.29. The zero-order valence-electron chi connectivity index (χ0n) is 16.2. The number of hydrogen-bond acceptors (Lipinski definition) is 6. The lowest BCUT2D eigenvalue weighted by Crippen LogP contribution is -2.38. The van der Waals surface area contributed by atoms with Crippen LogP contribution in [0.3, 0.4) is 0 Å². The normalized spacial score (nSPS) is 21.0. The van der Waals surface area contributed by atoms with Crippen molar-refractivity contribution < 1.29 is 14.0 Å². The summed E-state index contributed by atoms with van der Waals surface area (Å²) in [4.78, 5) is 29.1. The number of rotatable bonds is 4. The molecular weight excluding hydrogens is 406 g/mol. The number of benzene rings is 1. The van der Waals surface area contributed by atoms with Gasteiger partial charge >= 0.3 is 0 Å². The molecule has 1 N–H and O–H groups in total. The number of thioether (sulfide) groups is 1. The van der Waals surface area contributed by atoms with E-state index in [9.17, 15) is 9.59 Å². The molecule has 1 atom stereocenters. The van der Waals surface area contributed by atoms with Gasteiger partial charge in [-0.15, -0.1) is 0 Å². The number of likely N-dealkylation sites (N-methyl/N-ethyl adjacent to an activating group) is 2. The van der Waals surface area contributed by atoms with Crippen LogP contribution >= 0.6 is 24.0 Å². The van der Waals surface area contributed by atoms with Crippen LogP contribution in [0.25, 0.3) is 17.4 Å². The molecule has 1 aromatic carbocycles. The third-order valence-corrected chi connectivity index (χ3v) is 6.36. The molecule has 0 bridgehead atoms. The smallest absolute Gasteiger partial charge is 0.263 e. The van der Waals surface area contributed by atoms with Gasteiger partial charge in [-0.2, -0.15) is 0 Å². The quantitative estimate of drug-likeness (QED) is 0.597. The molecule has 0 aliphatic carbocycles. The molecule has 2 aliphatic rings. The van der Waals surface area contributed by atoms with Gasteiger partial charge in [0.05, 0.1) is 4.91 Å². The van der Waals surface area contributed by atoms with Crippen LogP contribution in [0.5, 0.6) is 0 Å². The molecule has 2 aromatic rings. The number of carbonyl (C=O) groups excluding carboxylic acids is 2. The van der Waals surface area contributed by atoms with Gasteiger partial charge in [0.1, 0.15) is 15.8 Å². The molecule has 29 heavy (non-hydrogen) atoms. The van der Waals surface area contributed by atoms with Crippen LogP contribution in [0.1, 0.15) is 22.5 Å². The molecule has 2 saturated heterocycles. The monoisotopic (exact) mass is 427 g/mol. The topological polar surface area (TPSA) is 65.8 Å². The molecule has 3 heterocycles. The summed E-state index contributed by atoms with van der Waals surface area (Å²) in [6, 6.07) is 11.3. The van der Waals surface area contributed by atoms with Crippen LogP contribution in [0, 0.1) is 0 Å². The van der Waals surface area contributed by atoms with Crippen LogP contribution in [-0.2, 0) is 4.79 Å². The Hall–Kier alpha value is -2.42. The summed E-state index contributed by atoms with van der Waals surface area (Å²) >= 11 is 6.21. The molecule has 0 radical (unpaired) electrons. The standard InChI is InChI=1S/C21H21N3O3S2/c1-23-10-9-15(12-23)24(2)20(26)14-5-3-13(4-6-14)17-8-7-16(27-17)11-18-19(25)22-21(28)29-18/h3-8,11,15H,9-10,12H2,1-2H3,(H,22,25,28). The lowest BCUT2D eigenvalue weighted by Gasteiger charge is -2.24. The Morgan fingerprint density at radius 1 is 1.31 bits per heavy atom. The number of hydrogen-bond donors (Lipinski definition) is 1. The number of thiocarbonyl (C=S) groups is 1. The first-order valence-corrected chi connectivity index (χ1v) is 10.5. The van der Waals surface area contributed by atoms with E-state index in [1.54, 1.807) is 12.1 Å². The predicted molar refractivity (Wildman–Crippen MR) is 118 cm³/mol. The van der Waals surface area contributed by atoms with Crippen molar-refractivity contribution in [2.45, 2.75) is 12.5 Å². The van der Waals surface area contributed by atoms with Crippen molar-refractivity contribution in [3.8, 4) is 11.3 Å². The van der Waals surface area contributed by atoms with E-state index in [1.807, 2.05) is 42.3 Å². The van der Waals surface area contributed by atoms with Crippen molar-refractivity contribution in [3.63, 3.8) is 0 Å². The lowest BCUT2D eigenvalue weighted by molar-refractivity contribution is -0.115. The van der Waals surface area contributed by atoms with E-state index in [-0.39, 0.29) is 17.9 Å². The van der Waals surface area contributed by atoms with Gasteiger partial charge < -0.3 is 19.5 Å². The SMILES string of the molecule is CN1CCC(N(C)C(=O)c2ccc(-c3ccc(C=C4SC(=S)NC4=O)o3)cc2)C1. The average Bonchev–Trinajstić information content (AvgIpc) is 3.42. The molecule has 2 fully saturated rings. The van der Waals surface area contributed by atoms with E-state index in [0.29, 0.717) is 26.3 Å². The molecular formula is C21H21N3O3S2. The molecule has 1 aromatic heterocycles. The Morgan fingerprint density at radius 2 is 2.07 bits per heavy atom. The molecule has 2 amide bonds. The molecule has 8 heteroatoms. The second-order valence-corrected chi connectivity index (χ2v) is 8.97. The van der Waals surface area contributed by atoms with Crippen LogP contribution in [0.15, 0.2) is 45.7 Å². The highest BCUT2D eigenvalue weighted by molar-refractivity contribution is 8.26. The molecule has 1 unspecified atom stereocenters. The summed E-state index contributed by atoms with van der Waals surface area (Å²) in [5.41, 5.74) is 1.53. The third kappa shape index (κ3) is 4.29. The van der Waals surface area contributed by atoms with Crippen molar-refractivity contribution in [2.75, 3.05) is 27.2 Å². The summed E-state index contributed by atoms with van der Waals surface area (Å²) in [6.45, 7) is 1.93. The second-order valence-electron chi connectivity index (χ2n) is 7.25. The minimum absolute atomic E-state index is 0.0296. The highest BCUT2D eigenvalue weighted by atomic mass is 32.2. The summed E-state index contributed by atoms with van der Waals surface area (Å²) < 4.78 is 6.29. The van der Waals surface area contributed by atoms with E-state index in [4.69, 9.17) is 16.6 Å². The number of carbonyl (C=O) groups is 2. The highest BCUT2D eigenvalue weighted by Gasteiger charge is 2.27. The lowest BCUT2D eigenvalue weighted by atomic mass is 10.1. The van der Waals surface area contributed by atoms with Gasteiger partial charge in [0, 0.05) is 36.8 Å². The van der Waals surface area contributed by atoms with E-state index >= 15 is 0 Å². The Balaban J connectivity index is 1.46. The van der Waals surface area contributed by atoms with Crippen LogP contribution < -0.4 is 5.32 Å². The van der Waals surface area contributed by atoms with Gasteiger partial charge in [-0.3, -0.25) is 9.59 Å². The number of amides is 2. The first-order valence-electron chi connectivity index (χ1n) is 9.31. The van der Waals surface area contributed by atoms with Gasteiger partial charge in [-0.25, -0.2) is 0 Å². The van der Waals surface area contributed by atoms with Gasteiger partial charge in [0.15, 0.2) is 0 Å². The molecule has 2 aliphatic heterocycles.